The number of nitrogens with two attached hydrogens (primary N) is 1. The minimum Gasteiger partial charge on any atom is -0.507 e. The number of aromatic nitrogens is 2. The number of phenols is 1. The van der Waals surface area contributed by atoms with E-state index in [9.17, 15) is 18.3 Å². The van der Waals surface area contributed by atoms with E-state index in [1.807, 2.05) is 20.8 Å². The number of phenolic OH excluding ortho intramolecular Hbond substituents is 1. The van der Waals surface area contributed by atoms with Crippen molar-refractivity contribution in [1.82, 2.24) is 10.1 Å². The Morgan fingerprint density at radius 2 is 1.93 bits per heavy atom. The number of amidine groups is 1. The second kappa shape index (κ2) is 10.8. The van der Waals surface area contributed by atoms with Crippen molar-refractivity contribution in [3.63, 3.8) is 0 Å². The van der Waals surface area contributed by atoms with E-state index in [4.69, 9.17) is 15.7 Å². The van der Waals surface area contributed by atoms with Crippen molar-refractivity contribution in [3.05, 3.63) is 29.7 Å². The van der Waals surface area contributed by atoms with Gasteiger partial charge in [0.15, 0.2) is 0 Å². The number of hydrogen-bond donors (Lipinski definition) is 3. The average Bonchev–Trinajstić information content (AvgIpc) is 3.15. The summed E-state index contributed by atoms with van der Waals surface area (Å²) < 4.78 is 43.5. The predicted octanol–water partition coefficient (Wildman–Crippen LogP) is 5.72. The molecule has 0 aliphatic carbocycles. The zero-order valence-electron chi connectivity index (χ0n) is 17.2. The summed E-state index contributed by atoms with van der Waals surface area (Å²) in [6.07, 6.45) is -0.744. The van der Waals surface area contributed by atoms with Crippen LogP contribution in [0.25, 0.3) is 11.4 Å². The molecule has 0 saturated carbocycles. The lowest BCUT2D eigenvalue weighted by molar-refractivity contribution is -0.138. The molecule has 2 unspecified atom stereocenters. The minimum absolute atomic E-state index is 0.0559. The third-order valence-electron chi connectivity index (χ3n) is 4.56. The third kappa shape index (κ3) is 7.40. The van der Waals surface area contributed by atoms with Gasteiger partial charge in [-0.1, -0.05) is 45.7 Å². The lowest BCUT2D eigenvalue weighted by Gasteiger charge is -2.09. The van der Waals surface area contributed by atoms with Gasteiger partial charge in [-0.2, -0.15) is 18.2 Å². The maximum absolute atomic E-state index is 12.8. The Kier molecular flexibility index (Phi) is 9.13. The summed E-state index contributed by atoms with van der Waals surface area (Å²) in [7, 11) is 0. The van der Waals surface area contributed by atoms with E-state index in [0.29, 0.717) is 11.7 Å². The lowest BCUT2D eigenvalue weighted by atomic mass is 10.0. The number of unbranched alkanes of at least 4 members (excludes halogenated alkanes) is 1. The molecule has 0 radical (unpaired) electrons. The lowest BCUT2D eigenvalue weighted by Crippen LogP contribution is -2.18. The second-order valence-electron chi connectivity index (χ2n) is 6.99. The zero-order chi connectivity index (χ0) is 22.2. The van der Waals surface area contributed by atoms with Crippen molar-refractivity contribution in [2.24, 2.45) is 11.7 Å². The maximum atomic E-state index is 12.8. The van der Waals surface area contributed by atoms with E-state index in [-0.39, 0.29) is 23.2 Å². The molecule has 0 aliphatic rings. The number of halogens is 3. The molecule has 0 amide bonds. The van der Waals surface area contributed by atoms with E-state index in [1.54, 1.807) is 0 Å². The molecule has 1 aromatic carbocycles. The van der Waals surface area contributed by atoms with E-state index in [0.717, 1.165) is 37.8 Å². The SMILES string of the molecule is CCC(C)C(=N)N.CCCCC(C)c1nc(-c2ccc(O)c(C(F)(F)F)c2)no1. The van der Waals surface area contributed by atoms with Crippen LogP contribution in [0.15, 0.2) is 22.7 Å². The van der Waals surface area contributed by atoms with Crippen molar-refractivity contribution < 1.29 is 22.8 Å². The smallest absolute Gasteiger partial charge is 0.419 e. The summed E-state index contributed by atoms with van der Waals surface area (Å²) in [4.78, 5) is 4.16. The molecule has 4 N–H and O–H groups in total. The maximum Gasteiger partial charge on any atom is 0.419 e. The van der Waals surface area contributed by atoms with Gasteiger partial charge in [-0.15, -0.1) is 0 Å². The van der Waals surface area contributed by atoms with Crippen molar-refractivity contribution in [3.8, 4) is 17.1 Å². The molecule has 162 valence electrons. The summed E-state index contributed by atoms with van der Waals surface area (Å²) in [5.74, 6) is 0.285. The molecule has 0 saturated heterocycles. The van der Waals surface area contributed by atoms with Gasteiger partial charge in [-0.05, 0) is 31.0 Å². The highest BCUT2D eigenvalue weighted by molar-refractivity contribution is 5.79. The molecular weight excluding hydrogens is 385 g/mol. The van der Waals surface area contributed by atoms with Crippen LogP contribution in [0.2, 0.25) is 0 Å². The van der Waals surface area contributed by atoms with Gasteiger partial charge in [0.1, 0.15) is 5.75 Å². The number of aromatic hydroxyl groups is 1. The molecule has 1 heterocycles. The minimum atomic E-state index is -4.64. The van der Waals surface area contributed by atoms with E-state index < -0.39 is 17.5 Å². The Hall–Kier alpha value is -2.58. The van der Waals surface area contributed by atoms with Gasteiger partial charge in [-0.3, -0.25) is 5.41 Å². The predicted molar refractivity (Wildman–Crippen MR) is 106 cm³/mol. The first kappa shape index (κ1) is 24.5. The number of rotatable bonds is 7. The molecule has 29 heavy (non-hydrogen) atoms. The number of hydrogen-bond acceptors (Lipinski definition) is 5. The number of alkyl halides is 3. The van der Waals surface area contributed by atoms with E-state index in [2.05, 4.69) is 17.1 Å². The molecule has 2 rings (SSSR count). The molecule has 9 heteroatoms. The molecular formula is C20H29F3N4O2. The standard InChI is InChI=1S/C15H17F3N2O2.C5H12N2/c1-3-4-5-9(2)14-19-13(20-22-14)10-6-7-12(21)11(8-10)15(16,17)18;1-3-4(2)5(6)7/h6-9,21H,3-5H2,1-2H3;4H,3H2,1-2H3,(H3,6,7). The Morgan fingerprint density at radius 3 is 2.41 bits per heavy atom. The zero-order valence-corrected chi connectivity index (χ0v) is 17.2. The fraction of sp³-hybridized carbons (Fsp3) is 0.550. The third-order valence-corrected chi connectivity index (χ3v) is 4.56. The molecule has 6 nitrogen and oxygen atoms in total. The van der Waals surface area contributed by atoms with Crippen LogP contribution < -0.4 is 5.73 Å². The van der Waals surface area contributed by atoms with Gasteiger partial charge >= 0.3 is 6.18 Å². The van der Waals surface area contributed by atoms with Crippen LogP contribution in [0.3, 0.4) is 0 Å². The van der Waals surface area contributed by atoms with Crippen LogP contribution in [0.4, 0.5) is 13.2 Å². The van der Waals surface area contributed by atoms with Crippen molar-refractivity contribution in [2.75, 3.05) is 0 Å². The first-order valence-corrected chi connectivity index (χ1v) is 9.59. The summed E-state index contributed by atoms with van der Waals surface area (Å²) in [6.45, 7) is 7.97. The number of benzene rings is 1. The van der Waals surface area contributed by atoms with Crippen LogP contribution in [0.5, 0.6) is 5.75 Å². The fourth-order valence-corrected chi connectivity index (χ4v) is 2.31. The van der Waals surface area contributed by atoms with Gasteiger partial charge < -0.3 is 15.4 Å². The summed E-state index contributed by atoms with van der Waals surface area (Å²) in [6, 6.07) is 3.13. The molecule has 0 bridgehead atoms. The van der Waals surface area contributed by atoms with Crippen LogP contribution in [0, 0.1) is 11.3 Å². The van der Waals surface area contributed by atoms with Crippen molar-refractivity contribution in [1.29, 1.82) is 5.41 Å². The van der Waals surface area contributed by atoms with Gasteiger partial charge in [0.2, 0.25) is 11.7 Å². The molecule has 1 aromatic heterocycles. The first-order valence-electron chi connectivity index (χ1n) is 9.59. The Morgan fingerprint density at radius 1 is 1.28 bits per heavy atom. The van der Waals surface area contributed by atoms with Gasteiger partial charge in [-0.25, -0.2) is 0 Å². The second-order valence-corrected chi connectivity index (χ2v) is 6.99. The van der Waals surface area contributed by atoms with Crippen LogP contribution in [0.1, 0.15) is 70.8 Å². The highest BCUT2D eigenvalue weighted by Gasteiger charge is 2.34. The number of nitrogens with zero attached hydrogens (tertiary/aromatic N) is 2. The van der Waals surface area contributed by atoms with Crippen LogP contribution in [-0.4, -0.2) is 21.1 Å². The van der Waals surface area contributed by atoms with E-state index in [1.165, 1.54) is 6.07 Å². The highest BCUT2D eigenvalue weighted by atomic mass is 19.4. The molecule has 2 aromatic rings. The van der Waals surface area contributed by atoms with Crippen LogP contribution in [-0.2, 0) is 6.18 Å². The average molecular weight is 414 g/mol. The van der Waals surface area contributed by atoms with Crippen LogP contribution >= 0.6 is 0 Å². The Balaban J connectivity index is 0.000000516. The summed E-state index contributed by atoms with van der Waals surface area (Å²) >= 11 is 0. The fourth-order valence-electron chi connectivity index (χ4n) is 2.31. The summed E-state index contributed by atoms with van der Waals surface area (Å²) in [5.41, 5.74) is 4.17. The van der Waals surface area contributed by atoms with Gasteiger partial charge in [0.25, 0.3) is 0 Å². The molecule has 2 atom stereocenters. The quantitative estimate of drug-likeness (QED) is 0.396. The first-order chi connectivity index (χ1) is 13.5. The van der Waals surface area contributed by atoms with Crippen molar-refractivity contribution >= 4 is 5.84 Å². The van der Waals surface area contributed by atoms with Gasteiger partial charge in [0.05, 0.1) is 11.4 Å². The monoisotopic (exact) mass is 414 g/mol. The van der Waals surface area contributed by atoms with Crippen molar-refractivity contribution in [2.45, 2.75) is 65.5 Å². The molecule has 0 fully saturated rings. The largest absolute Gasteiger partial charge is 0.507 e. The Labute approximate surface area is 168 Å². The summed E-state index contributed by atoms with van der Waals surface area (Å²) in [5, 5.41) is 19.9. The topological polar surface area (TPSA) is 109 Å². The van der Waals surface area contributed by atoms with E-state index >= 15 is 0 Å². The normalized spacial score (nSPS) is 13.3. The Bertz CT molecular complexity index is 790. The van der Waals surface area contributed by atoms with Gasteiger partial charge in [0, 0.05) is 17.4 Å². The molecule has 0 spiro atoms. The number of nitrogens with one attached hydrogen (secondary N) is 1. The highest BCUT2D eigenvalue weighted by Crippen LogP contribution is 2.37. The molecule has 0 aliphatic heterocycles.